The van der Waals surface area contributed by atoms with E-state index in [-0.39, 0.29) is 5.91 Å². The fraction of sp³-hybridized carbons (Fsp3) is 0.650. The van der Waals surface area contributed by atoms with E-state index >= 15 is 0 Å². The highest BCUT2D eigenvalue weighted by Crippen LogP contribution is 2.03. The van der Waals surface area contributed by atoms with Gasteiger partial charge in [0.05, 0.1) is 26.3 Å². The lowest BCUT2D eigenvalue weighted by Crippen LogP contribution is -3.13. The SMILES string of the molecule is O=C(C[NH+]1CCCCCC1)NCc1ccc(C[NH+]2CCOCC2)cc1. The first-order chi connectivity index (χ1) is 12.3. The van der Waals surface area contributed by atoms with Crippen LogP contribution in [0.25, 0.3) is 0 Å². The Morgan fingerprint density at radius 3 is 2.20 bits per heavy atom. The molecule has 0 atom stereocenters. The van der Waals surface area contributed by atoms with Crippen molar-refractivity contribution in [2.24, 2.45) is 0 Å². The molecule has 0 unspecified atom stereocenters. The predicted octanol–water partition coefficient (Wildman–Crippen LogP) is -0.823. The van der Waals surface area contributed by atoms with Crippen molar-refractivity contribution in [3.63, 3.8) is 0 Å². The molecule has 1 aromatic rings. The number of rotatable bonds is 6. The van der Waals surface area contributed by atoms with Crippen LogP contribution in [0.15, 0.2) is 24.3 Å². The molecule has 2 heterocycles. The maximum Gasteiger partial charge on any atom is 0.275 e. The van der Waals surface area contributed by atoms with E-state index in [0.29, 0.717) is 13.1 Å². The molecule has 0 saturated carbocycles. The van der Waals surface area contributed by atoms with Crippen LogP contribution in [0.2, 0.25) is 0 Å². The zero-order chi connectivity index (χ0) is 17.3. The molecule has 0 radical (unpaired) electrons. The van der Waals surface area contributed by atoms with E-state index in [1.165, 1.54) is 41.7 Å². The highest BCUT2D eigenvalue weighted by molar-refractivity contribution is 5.76. The molecule has 5 nitrogen and oxygen atoms in total. The van der Waals surface area contributed by atoms with Crippen LogP contribution in [0, 0.1) is 0 Å². The first-order valence-electron chi connectivity index (χ1n) is 9.89. The van der Waals surface area contributed by atoms with Crippen molar-refractivity contribution in [1.82, 2.24) is 5.32 Å². The van der Waals surface area contributed by atoms with Gasteiger partial charge in [-0.15, -0.1) is 0 Å². The number of nitrogens with one attached hydrogen (secondary N) is 3. The standard InChI is InChI=1S/C20H31N3O2/c24-20(17-22-9-3-1-2-4-10-22)21-15-18-5-7-19(8-6-18)16-23-11-13-25-14-12-23/h5-8H,1-4,9-17H2,(H,21,24)/p+2. The minimum atomic E-state index is 0.179. The van der Waals surface area contributed by atoms with E-state index in [9.17, 15) is 4.79 Å². The van der Waals surface area contributed by atoms with Crippen molar-refractivity contribution in [2.45, 2.75) is 38.8 Å². The Morgan fingerprint density at radius 2 is 1.52 bits per heavy atom. The van der Waals surface area contributed by atoms with Crippen LogP contribution in [-0.4, -0.2) is 51.8 Å². The monoisotopic (exact) mass is 347 g/mol. The lowest BCUT2D eigenvalue weighted by Gasteiger charge is -2.23. The van der Waals surface area contributed by atoms with E-state index in [2.05, 4.69) is 29.6 Å². The van der Waals surface area contributed by atoms with Crippen molar-refractivity contribution < 1.29 is 19.3 Å². The van der Waals surface area contributed by atoms with E-state index in [0.717, 1.165) is 45.9 Å². The van der Waals surface area contributed by atoms with Gasteiger partial charge in [0, 0.05) is 12.1 Å². The van der Waals surface area contributed by atoms with E-state index in [1.807, 2.05) is 0 Å². The largest absolute Gasteiger partial charge is 0.370 e. The number of carbonyl (C=O) groups excluding carboxylic acids is 1. The third-order valence-corrected chi connectivity index (χ3v) is 5.39. The second-order valence-corrected chi connectivity index (χ2v) is 7.47. The van der Waals surface area contributed by atoms with Gasteiger partial charge in [0.25, 0.3) is 5.91 Å². The van der Waals surface area contributed by atoms with Crippen molar-refractivity contribution in [3.8, 4) is 0 Å². The molecule has 0 aromatic heterocycles. The van der Waals surface area contributed by atoms with Crippen molar-refractivity contribution >= 4 is 5.91 Å². The fourth-order valence-corrected chi connectivity index (χ4v) is 3.80. The van der Waals surface area contributed by atoms with Crippen molar-refractivity contribution in [3.05, 3.63) is 35.4 Å². The number of benzene rings is 1. The van der Waals surface area contributed by atoms with Crippen LogP contribution in [-0.2, 0) is 22.6 Å². The van der Waals surface area contributed by atoms with Crippen LogP contribution in [0.1, 0.15) is 36.8 Å². The summed E-state index contributed by atoms with van der Waals surface area (Å²) in [6, 6.07) is 8.69. The van der Waals surface area contributed by atoms with E-state index < -0.39 is 0 Å². The van der Waals surface area contributed by atoms with E-state index in [1.54, 1.807) is 4.90 Å². The number of quaternary nitrogens is 2. The second-order valence-electron chi connectivity index (χ2n) is 7.47. The molecule has 2 fully saturated rings. The summed E-state index contributed by atoms with van der Waals surface area (Å²) in [5.41, 5.74) is 2.54. The molecule has 2 saturated heterocycles. The molecule has 2 aliphatic heterocycles. The zero-order valence-corrected chi connectivity index (χ0v) is 15.3. The number of morpholine rings is 1. The Labute approximate surface area is 151 Å². The van der Waals surface area contributed by atoms with Gasteiger partial charge >= 0.3 is 0 Å². The van der Waals surface area contributed by atoms with Gasteiger partial charge in [-0.1, -0.05) is 24.3 Å². The smallest absolute Gasteiger partial charge is 0.275 e. The number of ether oxygens (including phenoxy) is 1. The predicted molar refractivity (Wildman–Crippen MR) is 97.5 cm³/mol. The maximum absolute atomic E-state index is 12.2. The van der Waals surface area contributed by atoms with Gasteiger partial charge in [0.2, 0.25) is 0 Å². The lowest BCUT2D eigenvalue weighted by atomic mass is 10.1. The summed E-state index contributed by atoms with van der Waals surface area (Å²) >= 11 is 0. The Morgan fingerprint density at radius 1 is 0.880 bits per heavy atom. The Hall–Kier alpha value is -1.43. The molecule has 138 valence electrons. The Kier molecular flexibility index (Phi) is 7.27. The van der Waals surface area contributed by atoms with Gasteiger partial charge in [-0.05, 0) is 31.2 Å². The van der Waals surface area contributed by atoms with Crippen LogP contribution >= 0.6 is 0 Å². The van der Waals surface area contributed by atoms with Gasteiger partial charge in [-0.25, -0.2) is 0 Å². The third kappa shape index (κ3) is 6.42. The fourth-order valence-electron chi connectivity index (χ4n) is 3.80. The highest BCUT2D eigenvalue weighted by atomic mass is 16.5. The van der Waals surface area contributed by atoms with Crippen LogP contribution in [0.4, 0.5) is 0 Å². The molecular weight excluding hydrogens is 314 g/mol. The number of amides is 1. The molecule has 25 heavy (non-hydrogen) atoms. The summed E-state index contributed by atoms with van der Waals surface area (Å²) in [5, 5.41) is 3.09. The average Bonchev–Trinajstić information content (AvgIpc) is 2.91. The number of hydrogen-bond donors (Lipinski definition) is 3. The molecule has 1 aromatic carbocycles. The molecule has 0 spiro atoms. The average molecular weight is 348 g/mol. The van der Waals surface area contributed by atoms with E-state index in [4.69, 9.17) is 4.74 Å². The topological polar surface area (TPSA) is 47.2 Å². The molecule has 2 aliphatic rings. The number of carbonyl (C=O) groups is 1. The molecule has 1 amide bonds. The second kappa shape index (κ2) is 9.90. The molecule has 0 bridgehead atoms. The summed E-state index contributed by atoms with van der Waals surface area (Å²) in [4.78, 5) is 15.2. The van der Waals surface area contributed by atoms with Crippen LogP contribution in [0.3, 0.4) is 0 Å². The van der Waals surface area contributed by atoms with Gasteiger partial charge in [-0.2, -0.15) is 0 Å². The quantitative estimate of drug-likeness (QED) is 0.630. The number of likely N-dealkylation sites (tertiary alicyclic amines) is 1. The maximum atomic E-state index is 12.2. The normalized spacial score (nSPS) is 20.2. The minimum Gasteiger partial charge on any atom is -0.370 e. The Balaban J connectivity index is 1.39. The summed E-state index contributed by atoms with van der Waals surface area (Å²) in [6.45, 7) is 8.55. The molecular formula is C20H33N3O2+2. The summed E-state index contributed by atoms with van der Waals surface area (Å²) < 4.78 is 5.41. The van der Waals surface area contributed by atoms with Gasteiger partial charge in [0.15, 0.2) is 6.54 Å². The van der Waals surface area contributed by atoms with Crippen molar-refractivity contribution in [2.75, 3.05) is 45.9 Å². The minimum absolute atomic E-state index is 0.179. The first kappa shape index (κ1) is 18.4. The van der Waals surface area contributed by atoms with Gasteiger partial charge in [-0.3, -0.25) is 4.79 Å². The van der Waals surface area contributed by atoms with Crippen LogP contribution < -0.4 is 15.1 Å². The lowest BCUT2D eigenvalue weighted by molar-refractivity contribution is -0.921. The van der Waals surface area contributed by atoms with Crippen LogP contribution in [0.5, 0.6) is 0 Å². The molecule has 0 aliphatic carbocycles. The zero-order valence-electron chi connectivity index (χ0n) is 15.3. The van der Waals surface area contributed by atoms with Crippen molar-refractivity contribution in [1.29, 1.82) is 0 Å². The van der Waals surface area contributed by atoms with Gasteiger partial charge < -0.3 is 19.9 Å². The third-order valence-electron chi connectivity index (χ3n) is 5.39. The Bertz CT molecular complexity index is 518. The summed E-state index contributed by atoms with van der Waals surface area (Å²) in [6.07, 6.45) is 5.16. The summed E-state index contributed by atoms with van der Waals surface area (Å²) in [5.74, 6) is 0.179. The number of hydrogen-bond acceptors (Lipinski definition) is 2. The molecule has 3 rings (SSSR count). The molecule has 5 heteroatoms. The summed E-state index contributed by atoms with van der Waals surface area (Å²) in [7, 11) is 0. The highest BCUT2D eigenvalue weighted by Gasteiger charge is 2.16. The first-order valence-corrected chi connectivity index (χ1v) is 9.89. The van der Waals surface area contributed by atoms with Gasteiger partial charge in [0.1, 0.15) is 19.6 Å². The molecule has 3 N–H and O–H groups in total.